The van der Waals surface area contributed by atoms with Gasteiger partial charge in [-0.2, -0.15) is 15.4 Å². The third-order valence-electron chi connectivity index (χ3n) is 3.92. The van der Waals surface area contributed by atoms with Crippen molar-refractivity contribution in [2.75, 3.05) is 13.1 Å². The summed E-state index contributed by atoms with van der Waals surface area (Å²) in [5, 5.41) is 21.7. The number of aliphatic hydroxyl groups is 1. The summed E-state index contributed by atoms with van der Waals surface area (Å²) >= 11 is 5.97. The first-order valence-corrected chi connectivity index (χ1v) is 7.01. The minimum absolute atomic E-state index is 0.571. The van der Waals surface area contributed by atoms with Crippen LogP contribution in [0.5, 0.6) is 0 Å². The number of H-pyrrole nitrogens is 1. The van der Waals surface area contributed by atoms with Crippen LogP contribution in [0.15, 0.2) is 24.4 Å². The summed E-state index contributed by atoms with van der Waals surface area (Å²) in [6.07, 6.45) is 2.27. The number of aryl methyl sites for hydroxylation is 1. The third kappa shape index (κ3) is 2.57. The Labute approximate surface area is 122 Å². The van der Waals surface area contributed by atoms with Gasteiger partial charge in [-0.1, -0.05) is 17.7 Å². The van der Waals surface area contributed by atoms with E-state index in [0.717, 1.165) is 18.1 Å². The predicted octanol–water partition coefficient (Wildman–Crippen LogP) is 1.86. The molecule has 1 fully saturated rings. The summed E-state index contributed by atoms with van der Waals surface area (Å²) in [6, 6.07) is 5.92. The Hall–Kier alpha value is -1.43. The molecule has 0 unspecified atom stereocenters. The zero-order chi connectivity index (χ0) is 14.2. The number of aromatic nitrogens is 3. The third-order valence-corrected chi connectivity index (χ3v) is 4.15. The number of aromatic amines is 1. The Kier molecular flexibility index (Phi) is 3.50. The molecule has 3 rings (SSSR count). The molecule has 1 aliphatic rings. The number of hydrogen-bond donors (Lipinski definition) is 2. The maximum absolute atomic E-state index is 10.6. The number of β-amino-alcohol motifs (C(OH)–C–C–N with tert-alkyl or cyclic N) is 1. The summed E-state index contributed by atoms with van der Waals surface area (Å²) in [6.45, 7) is 4.28. The Morgan fingerprint density at radius 2 is 2.35 bits per heavy atom. The lowest BCUT2D eigenvalue weighted by Gasteiger charge is -2.21. The van der Waals surface area contributed by atoms with Crippen molar-refractivity contribution in [1.29, 1.82) is 0 Å². The first kappa shape index (κ1) is 13.5. The van der Waals surface area contributed by atoms with Crippen molar-refractivity contribution in [3.8, 4) is 0 Å². The van der Waals surface area contributed by atoms with E-state index in [1.807, 2.05) is 18.2 Å². The molecule has 1 aliphatic heterocycles. The van der Waals surface area contributed by atoms with E-state index in [0.29, 0.717) is 18.7 Å². The lowest BCUT2D eigenvalue weighted by Crippen LogP contribution is -2.31. The number of benzene rings is 1. The smallest absolute Gasteiger partial charge is 0.124 e. The fraction of sp³-hybridized carbons (Fsp3) is 0.429. The zero-order valence-corrected chi connectivity index (χ0v) is 12.1. The van der Waals surface area contributed by atoms with E-state index >= 15 is 0 Å². The molecule has 0 aliphatic carbocycles. The first-order chi connectivity index (χ1) is 9.57. The van der Waals surface area contributed by atoms with Gasteiger partial charge in [-0.05, 0) is 36.6 Å². The number of rotatable bonds is 3. The van der Waals surface area contributed by atoms with Crippen LogP contribution < -0.4 is 0 Å². The Balaban J connectivity index is 1.72. The molecule has 0 amide bonds. The van der Waals surface area contributed by atoms with Gasteiger partial charge >= 0.3 is 0 Å². The summed E-state index contributed by atoms with van der Waals surface area (Å²) < 4.78 is 0. The van der Waals surface area contributed by atoms with Gasteiger partial charge in [0.15, 0.2) is 0 Å². The van der Waals surface area contributed by atoms with Crippen LogP contribution in [-0.4, -0.2) is 38.5 Å². The molecule has 1 atom stereocenters. The molecule has 2 N–H and O–H groups in total. The van der Waals surface area contributed by atoms with E-state index in [9.17, 15) is 5.11 Å². The predicted molar refractivity (Wildman–Crippen MR) is 76.4 cm³/mol. The fourth-order valence-electron chi connectivity index (χ4n) is 2.72. The van der Waals surface area contributed by atoms with E-state index in [-0.39, 0.29) is 0 Å². The quantitative estimate of drug-likeness (QED) is 0.906. The van der Waals surface area contributed by atoms with E-state index in [2.05, 4.69) is 27.2 Å². The molecule has 0 bridgehead atoms. The number of halogens is 1. The topological polar surface area (TPSA) is 65.0 Å². The van der Waals surface area contributed by atoms with Gasteiger partial charge < -0.3 is 5.11 Å². The van der Waals surface area contributed by atoms with Crippen LogP contribution in [0.25, 0.3) is 0 Å². The Morgan fingerprint density at radius 1 is 1.50 bits per heavy atom. The van der Waals surface area contributed by atoms with Gasteiger partial charge in [-0.25, -0.2) is 0 Å². The summed E-state index contributed by atoms with van der Waals surface area (Å²) in [5.74, 6) is 0. The second-order valence-corrected chi connectivity index (χ2v) is 5.85. The molecule has 106 valence electrons. The molecule has 20 heavy (non-hydrogen) atoms. The molecule has 0 saturated carbocycles. The molecule has 0 radical (unpaired) electrons. The molecule has 6 heteroatoms. The van der Waals surface area contributed by atoms with Gasteiger partial charge in [0.05, 0.1) is 6.20 Å². The molecule has 1 aromatic heterocycles. The molecule has 1 saturated heterocycles. The fourth-order valence-corrected chi connectivity index (χ4v) is 2.95. The second kappa shape index (κ2) is 5.16. The molecular formula is C14H17ClN4O. The van der Waals surface area contributed by atoms with Crippen LogP contribution in [0.2, 0.25) is 5.02 Å². The van der Waals surface area contributed by atoms with Gasteiger partial charge in [0.2, 0.25) is 0 Å². The molecule has 2 heterocycles. The van der Waals surface area contributed by atoms with E-state index in [1.54, 1.807) is 6.20 Å². The maximum atomic E-state index is 10.6. The van der Waals surface area contributed by atoms with Crippen molar-refractivity contribution >= 4 is 11.6 Å². The van der Waals surface area contributed by atoms with Crippen LogP contribution in [-0.2, 0) is 12.1 Å². The average molecular weight is 293 g/mol. The summed E-state index contributed by atoms with van der Waals surface area (Å²) in [5.41, 5.74) is 2.13. The van der Waals surface area contributed by atoms with Crippen LogP contribution in [0, 0.1) is 6.92 Å². The molecular weight excluding hydrogens is 276 g/mol. The van der Waals surface area contributed by atoms with Crippen molar-refractivity contribution in [3.05, 3.63) is 46.2 Å². The van der Waals surface area contributed by atoms with Crippen LogP contribution in [0.4, 0.5) is 0 Å². The highest BCUT2D eigenvalue weighted by atomic mass is 35.5. The largest absolute Gasteiger partial charge is 0.382 e. The van der Waals surface area contributed by atoms with Gasteiger partial charge in [-0.3, -0.25) is 4.90 Å². The molecule has 2 aromatic rings. The average Bonchev–Trinajstić information content (AvgIpc) is 3.03. The lowest BCUT2D eigenvalue weighted by atomic mass is 10.00. The van der Waals surface area contributed by atoms with Crippen LogP contribution in [0.1, 0.15) is 23.2 Å². The number of likely N-dealkylation sites (tertiary alicyclic amines) is 1. The van der Waals surface area contributed by atoms with Gasteiger partial charge in [0.1, 0.15) is 11.3 Å². The van der Waals surface area contributed by atoms with Crippen molar-refractivity contribution < 1.29 is 5.11 Å². The van der Waals surface area contributed by atoms with Gasteiger partial charge in [-0.15, -0.1) is 0 Å². The van der Waals surface area contributed by atoms with Crippen LogP contribution in [0.3, 0.4) is 0 Å². The minimum Gasteiger partial charge on any atom is -0.382 e. The highest BCUT2D eigenvalue weighted by Crippen LogP contribution is 2.31. The molecule has 1 aromatic carbocycles. The Bertz CT molecular complexity index is 601. The van der Waals surface area contributed by atoms with E-state index in [4.69, 9.17) is 11.6 Å². The lowest BCUT2D eigenvalue weighted by molar-refractivity contribution is 0.0408. The van der Waals surface area contributed by atoms with E-state index in [1.165, 1.54) is 11.1 Å². The maximum Gasteiger partial charge on any atom is 0.124 e. The second-order valence-electron chi connectivity index (χ2n) is 5.42. The van der Waals surface area contributed by atoms with Crippen molar-refractivity contribution in [2.24, 2.45) is 0 Å². The normalized spacial score (nSPS) is 23.4. The number of hydrogen-bond acceptors (Lipinski definition) is 4. The summed E-state index contributed by atoms with van der Waals surface area (Å²) in [4.78, 5) is 2.23. The SMILES string of the molecule is Cc1cc(Cl)ccc1CN1CC[C@@](O)(c2cn[nH]n2)C1. The van der Waals surface area contributed by atoms with Crippen molar-refractivity contribution in [3.63, 3.8) is 0 Å². The van der Waals surface area contributed by atoms with Crippen LogP contribution >= 0.6 is 11.6 Å². The highest BCUT2D eigenvalue weighted by molar-refractivity contribution is 6.30. The molecule has 0 spiro atoms. The Morgan fingerprint density at radius 3 is 3.05 bits per heavy atom. The minimum atomic E-state index is -0.896. The van der Waals surface area contributed by atoms with Crippen molar-refractivity contribution in [2.45, 2.75) is 25.5 Å². The molecule has 5 nitrogen and oxygen atoms in total. The zero-order valence-electron chi connectivity index (χ0n) is 11.3. The van der Waals surface area contributed by atoms with E-state index < -0.39 is 5.60 Å². The number of nitrogens with one attached hydrogen (secondary N) is 1. The van der Waals surface area contributed by atoms with Gasteiger partial charge in [0, 0.05) is 24.7 Å². The monoisotopic (exact) mass is 292 g/mol. The number of nitrogens with zero attached hydrogens (tertiary/aromatic N) is 3. The van der Waals surface area contributed by atoms with Gasteiger partial charge in [0.25, 0.3) is 0 Å². The standard InChI is InChI=1S/C14H17ClN4O/c1-10-6-12(15)3-2-11(10)8-19-5-4-14(20,9-19)13-7-16-18-17-13/h2-3,6-7,20H,4-5,8-9H2,1H3,(H,16,17,18)/t14-/m0/s1. The van der Waals surface area contributed by atoms with Crippen molar-refractivity contribution in [1.82, 2.24) is 20.3 Å². The summed E-state index contributed by atoms with van der Waals surface area (Å²) in [7, 11) is 0. The first-order valence-electron chi connectivity index (χ1n) is 6.63. The highest BCUT2D eigenvalue weighted by Gasteiger charge is 2.39.